The zero-order valence-electron chi connectivity index (χ0n) is 71.1. The fourth-order valence-electron chi connectivity index (χ4n) is 19.6. The van der Waals surface area contributed by atoms with Gasteiger partial charge in [0.15, 0.2) is 0 Å². The van der Waals surface area contributed by atoms with Crippen molar-refractivity contribution < 1.29 is 0 Å². The minimum Gasteiger partial charge on any atom is -0.264 e. The second-order valence-electron chi connectivity index (χ2n) is 34.0. The lowest BCUT2D eigenvalue weighted by atomic mass is 9.81. The molecule has 6 nitrogen and oxygen atoms in total. The van der Waals surface area contributed by atoms with Crippen LogP contribution in [0, 0.1) is 0 Å². The van der Waals surface area contributed by atoms with Gasteiger partial charge in [-0.1, -0.05) is 299 Å². The highest BCUT2D eigenvalue weighted by Gasteiger charge is 2.35. The SMILES string of the molecule is CC1(C)c2ccccc2-c2ccc(-c3cccc(-c4cc5cc6ncccc6cc5c5ccccc45)c3)cc21.c1ccc(-c2ccc(-c3cc4cc5ncccc5cc4c4ccccc34)cc2)cc1.c1ccc(-c2ccc(-c3cc4cc5ncccc5cc4c4ccccc34)cc2)nc1.c1cncc(-c2cccc(-c3cc4cc5ncccc5cc4c4ccccc34)c2)c1. The van der Waals surface area contributed by atoms with Crippen LogP contribution in [0.4, 0.5) is 0 Å². The zero-order chi connectivity index (χ0) is 85.9. The summed E-state index contributed by atoms with van der Waals surface area (Å²) in [5.74, 6) is 0. The Bertz CT molecular complexity index is 8450. The fraction of sp³-hybridized carbons (Fsp3) is 0.0244. The maximum atomic E-state index is 4.62. The Morgan fingerprint density at radius 2 is 0.488 bits per heavy atom. The van der Waals surface area contributed by atoms with Crippen LogP contribution in [0.2, 0.25) is 0 Å². The third-order valence-corrected chi connectivity index (χ3v) is 26.0. The van der Waals surface area contributed by atoms with Gasteiger partial charge in [0, 0.05) is 81.5 Å². The van der Waals surface area contributed by atoms with Crippen molar-refractivity contribution >= 4 is 130 Å². The van der Waals surface area contributed by atoms with Crippen LogP contribution in [0.5, 0.6) is 0 Å². The molecule has 0 fully saturated rings. The normalized spacial score (nSPS) is 12.0. The molecule has 0 N–H and O–H groups in total. The van der Waals surface area contributed by atoms with Gasteiger partial charge in [0.25, 0.3) is 0 Å². The molecule has 0 radical (unpaired) electrons. The standard InChI is InChI=1S/C38H27N.C29H19N.2C28H18N2/c1-38(2)35-15-6-5-14-31(35)32-17-16-25(22-36(32)38)24-9-7-10-26(19-24)33-21-28-23-37-27(11-8-18-39-37)20-34(28)30-13-4-3-12-29(30)33;1-2-7-20(8-3-1)21-12-14-22(15-13-21)27-18-24-19-29-23(9-6-16-30-29)17-28(24)26-11-5-4-10-25(26)27;1-2-11-25-24(10-1)26(16-23-17-28-21(15-27(23)25)8-5-13-30-28)20-7-3-6-19(14-20)22-9-4-12-29-18-22;1-2-8-24-23(7-1)25(17-22-18-28-21(16-26(22)24)6-5-15-30-28)19-10-12-20(13-11-19)27-9-3-4-14-29-27/h3-23H,1-2H3;1-19H;2*1-18H. The van der Waals surface area contributed by atoms with E-state index in [-0.39, 0.29) is 5.41 Å². The number of nitrogens with zero attached hydrogens (tertiary/aromatic N) is 6. The van der Waals surface area contributed by atoms with E-state index >= 15 is 0 Å². The largest absolute Gasteiger partial charge is 0.264 e. The van der Waals surface area contributed by atoms with Crippen molar-refractivity contribution in [2.24, 2.45) is 0 Å². The summed E-state index contributed by atoms with van der Waals surface area (Å²) in [7, 11) is 0. The van der Waals surface area contributed by atoms with Gasteiger partial charge in [-0.3, -0.25) is 29.9 Å². The summed E-state index contributed by atoms with van der Waals surface area (Å²) in [6, 6.07) is 150. The summed E-state index contributed by atoms with van der Waals surface area (Å²) < 4.78 is 0. The number of benzene rings is 19. The molecule has 0 amide bonds. The van der Waals surface area contributed by atoms with Gasteiger partial charge in [0.1, 0.15) is 0 Å². The van der Waals surface area contributed by atoms with Crippen LogP contribution in [0.15, 0.2) is 462 Å². The molecule has 0 spiro atoms. The van der Waals surface area contributed by atoms with Crippen LogP contribution in [0.25, 0.3) is 230 Å². The van der Waals surface area contributed by atoms with Crippen LogP contribution in [-0.2, 0) is 5.41 Å². The first-order valence-electron chi connectivity index (χ1n) is 44.0. The molecule has 1 aliphatic rings. The molecule has 19 aromatic carbocycles. The van der Waals surface area contributed by atoms with E-state index in [2.05, 4.69) is 414 Å². The molecule has 25 aromatic rings. The first-order chi connectivity index (χ1) is 63.7. The molecule has 0 saturated heterocycles. The summed E-state index contributed by atoms with van der Waals surface area (Å²) in [4.78, 5) is 27.0. The van der Waals surface area contributed by atoms with Gasteiger partial charge < -0.3 is 0 Å². The zero-order valence-corrected chi connectivity index (χ0v) is 71.1. The van der Waals surface area contributed by atoms with Crippen molar-refractivity contribution in [3.63, 3.8) is 0 Å². The van der Waals surface area contributed by atoms with Crippen molar-refractivity contribution in [1.82, 2.24) is 29.9 Å². The van der Waals surface area contributed by atoms with Gasteiger partial charge in [0.2, 0.25) is 0 Å². The minimum atomic E-state index is -0.00902. The lowest BCUT2D eigenvalue weighted by Gasteiger charge is -2.22. The molecular weight excluding hydrogens is 1560 g/mol. The maximum Gasteiger partial charge on any atom is 0.0708 e. The van der Waals surface area contributed by atoms with Gasteiger partial charge in [-0.05, 0) is 314 Å². The van der Waals surface area contributed by atoms with E-state index in [9.17, 15) is 0 Å². The molecule has 0 aliphatic heterocycles. The third kappa shape index (κ3) is 14.4. The summed E-state index contributed by atoms with van der Waals surface area (Å²) >= 11 is 0. The Hall–Kier alpha value is -16.8. The molecule has 6 aromatic heterocycles. The molecule has 604 valence electrons. The molecule has 0 bridgehead atoms. The van der Waals surface area contributed by atoms with Crippen LogP contribution in [0.1, 0.15) is 25.0 Å². The Morgan fingerprint density at radius 3 is 0.922 bits per heavy atom. The smallest absolute Gasteiger partial charge is 0.0708 e. The predicted octanol–water partition coefficient (Wildman–Crippen LogP) is 32.6. The van der Waals surface area contributed by atoms with E-state index in [1.165, 1.54) is 202 Å². The second-order valence-corrected chi connectivity index (χ2v) is 34.0. The van der Waals surface area contributed by atoms with Crippen LogP contribution in [0.3, 0.4) is 0 Å². The Balaban J connectivity index is 0.0000000989. The third-order valence-electron chi connectivity index (χ3n) is 26.0. The van der Waals surface area contributed by atoms with E-state index < -0.39 is 0 Å². The first kappa shape index (κ1) is 77.0. The monoisotopic (exact) mass is 1640 g/mol. The molecular formula is C123H82N6. The van der Waals surface area contributed by atoms with Gasteiger partial charge in [0.05, 0.1) is 27.8 Å². The van der Waals surface area contributed by atoms with Gasteiger partial charge >= 0.3 is 0 Å². The fourth-order valence-corrected chi connectivity index (χ4v) is 19.6. The molecule has 0 atom stereocenters. The molecule has 6 heteroatoms. The summed E-state index contributed by atoms with van der Waals surface area (Å²) in [5.41, 5.74) is 28.9. The van der Waals surface area contributed by atoms with E-state index in [4.69, 9.17) is 0 Å². The topological polar surface area (TPSA) is 77.3 Å². The molecule has 0 unspecified atom stereocenters. The van der Waals surface area contributed by atoms with Crippen molar-refractivity contribution in [2.45, 2.75) is 19.3 Å². The highest BCUT2D eigenvalue weighted by molar-refractivity contribution is 6.21. The minimum absolute atomic E-state index is 0.00902. The van der Waals surface area contributed by atoms with Gasteiger partial charge in [-0.2, -0.15) is 0 Å². The summed E-state index contributed by atoms with van der Waals surface area (Å²) in [6.07, 6.45) is 13.0. The van der Waals surface area contributed by atoms with Crippen molar-refractivity contribution in [1.29, 1.82) is 0 Å². The number of pyridine rings is 6. The predicted molar refractivity (Wildman–Crippen MR) is 544 cm³/mol. The lowest BCUT2D eigenvalue weighted by Crippen LogP contribution is -2.14. The number of fused-ring (bicyclic) bond motifs is 19. The summed E-state index contributed by atoms with van der Waals surface area (Å²) in [6.45, 7) is 4.69. The molecule has 129 heavy (non-hydrogen) atoms. The van der Waals surface area contributed by atoms with Crippen molar-refractivity contribution in [3.8, 4) is 100 Å². The van der Waals surface area contributed by atoms with E-state index in [1.807, 2.05) is 91.9 Å². The van der Waals surface area contributed by atoms with Gasteiger partial charge in [-0.15, -0.1) is 0 Å². The number of hydrogen-bond donors (Lipinski definition) is 0. The Labute approximate surface area is 747 Å². The number of aromatic nitrogens is 6. The molecule has 0 saturated carbocycles. The highest BCUT2D eigenvalue weighted by Crippen LogP contribution is 2.51. The number of hydrogen-bond acceptors (Lipinski definition) is 6. The van der Waals surface area contributed by atoms with Gasteiger partial charge in [-0.25, -0.2) is 0 Å². The second kappa shape index (κ2) is 32.7. The van der Waals surface area contributed by atoms with Crippen LogP contribution < -0.4 is 0 Å². The summed E-state index contributed by atoms with van der Waals surface area (Å²) in [5, 5.41) is 24.8. The van der Waals surface area contributed by atoms with E-state index in [1.54, 1.807) is 0 Å². The quantitative estimate of drug-likeness (QED) is 0.111. The van der Waals surface area contributed by atoms with E-state index in [0.29, 0.717) is 0 Å². The average molecular weight is 1640 g/mol. The Kier molecular flexibility index (Phi) is 19.5. The highest BCUT2D eigenvalue weighted by atomic mass is 14.7. The average Bonchev–Trinajstić information content (AvgIpc) is 1.73. The molecule has 26 rings (SSSR count). The maximum absolute atomic E-state index is 4.62. The lowest BCUT2D eigenvalue weighted by molar-refractivity contribution is 0.660. The van der Waals surface area contributed by atoms with Crippen LogP contribution >= 0.6 is 0 Å². The number of rotatable bonds is 8. The van der Waals surface area contributed by atoms with Crippen molar-refractivity contribution in [2.75, 3.05) is 0 Å². The molecule has 6 heterocycles. The Morgan fingerprint density at radius 1 is 0.163 bits per heavy atom. The van der Waals surface area contributed by atoms with Crippen molar-refractivity contribution in [3.05, 3.63) is 473 Å². The van der Waals surface area contributed by atoms with Crippen LogP contribution in [-0.4, -0.2) is 29.9 Å². The van der Waals surface area contributed by atoms with E-state index in [0.717, 1.165) is 38.9 Å². The first-order valence-corrected chi connectivity index (χ1v) is 44.0. The molecule has 1 aliphatic carbocycles.